The van der Waals surface area contributed by atoms with Crippen molar-refractivity contribution in [3.05, 3.63) is 89.0 Å². The molecule has 0 radical (unpaired) electrons. The van der Waals surface area contributed by atoms with Gasteiger partial charge in [0, 0.05) is 23.0 Å². The molecule has 3 nitrogen and oxygen atoms in total. The molecule has 0 saturated heterocycles. The van der Waals surface area contributed by atoms with Gasteiger partial charge in [0.05, 0.1) is 5.52 Å². The molecule has 0 spiro atoms. The topological polar surface area (TPSA) is 27.1 Å². The molecule has 184 valence electrons. The summed E-state index contributed by atoms with van der Waals surface area (Å²) in [7, 11) is -2.66. The fourth-order valence-corrected chi connectivity index (χ4v) is 9.89. The highest BCUT2D eigenvalue weighted by Gasteiger charge is 2.50. The summed E-state index contributed by atoms with van der Waals surface area (Å²) in [6, 6.07) is 26.3. The lowest BCUT2D eigenvalue weighted by Gasteiger charge is -2.43. The Morgan fingerprint density at radius 1 is 0.943 bits per heavy atom. The molecule has 0 unspecified atom stereocenters. The van der Waals surface area contributed by atoms with Crippen LogP contribution in [0.3, 0.4) is 0 Å². The summed E-state index contributed by atoms with van der Waals surface area (Å²) < 4.78 is 36.9. The molecule has 0 bridgehead atoms. The third-order valence-corrected chi connectivity index (χ3v) is 11.9. The third kappa shape index (κ3) is 5.13. The Morgan fingerprint density at radius 2 is 1.51 bits per heavy atom. The van der Waals surface area contributed by atoms with Gasteiger partial charge in [-0.3, -0.25) is 4.68 Å². The average Bonchev–Trinajstić information content (AvgIpc) is 3.17. The van der Waals surface area contributed by atoms with Crippen LogP contribution in [0.2, 0.25) is 5.04 Å². The van der Waals surface area contributed by atoms with E-state index in [2.05, 4.69) is 97.3 Å². The van der Waals surface area contributed by atoms with Crippen molar-refractivity contribution in [3.8, 4) is 0 Å². The molecule has 0 amide bonds. The average molecular weight is 558 g/mol. The molecule has 0 saturated carbocycles. The van der Waals surface area contributed by atoms with Crippen LogP contribution in [0.4, 0.5) is 8.78 Å². The van der Waals surface area contributed by atoms with Crippen molar-refractivity contribution in [2.75, 3.05) is 6.61 Å². The lowest BCUT2D eigenvalue weighted by atomic mass is 10.2. The molecule has 1 aromatic heterocycles. The van der Waals surface area contributed by atoms with E-state index in [-0.39, 0.29) is 16.7 Å². The van der Waals surface area contributed by atoms with Crippen molar-refractivity contribution in [1.29, 1.82) is 0 Å². The number of nitrogens with zero attached hydrogens (tertiary/aromatic N) is 2. The van der Waals surface area contributed by atoms with Gasteiger partial charge in [0.25, 0.3) is 14.7 Å². The van der Waals surface area contributed by atoms with Gasteiger partial charge in [-0.2, -0.15) is 5.10 Å². The van der Waals surface area contributed by atoms with Gasteiger partial charge in [-0.15, -0.1) is 0 Å². The first kappa shape index (κ1) is 25.7. The third-order valence-electron chi connectivity index (χ3n) is 6.43. The molecule has 0 aliphatic heterocycles. The molecule has 7 heteroatoms. The van der Waals surface area contributed by atoms with E-state index in [0.717, 1.165) is 4.47 Å². The first-order chi connectivity index (χ1) is 16.6. The second-order valence-corrected chi connectivity index (χ2v) is 15.3. The van der Waals surface area contributed by atoms with E-state index in [4.69, 9.17) is 4.43 Å². The monoisotopic (exact) mass is 556 g/mol. The van der Waals surface area contributed by atoms with Crippen molar-refractivity contribution >= 4 is 45.5 Å². The summed E-state index contributed by atoms with van der Waals surface area (Å²) in [5.74, 6) is 0.0595. The van der Waals surface area contributed by atoms with E-state index in [9.17, 15) is 8.78 Å². The van der Waals surface area contributed by atoms with Crippen molar-refractivity contribution < 1.29 is 13.2 Å². The van der Waals surface area contributed by atoms with Gasteiger partial charge in [-0.05, 0) is 39.5 Å². The van der Waals surface area contributed by atoms with Gasteiger partial charge < -0.3 is 4.43 Å². The Labute approximate surface area is 215 Å². The maximum Gasteiger partial charge on any atom is 0.282 e. The molecule has 35 heavy (non-hydrogen) atoms. The predicted octanol–water partition coefficient (Wildman–Crippen LogP) is 6.95. The molecular formula is C28H31BrF2N2OSi. The van der Waals surface area contributed by atoms with Gasteiger partial charge >= 0.3 is 0 Å². The minimum atomic E-state index is -2.66. The van der Waals surface area contributed by atoms with Crippen LogP contribution in [0, 0.1) is 5.92 Å². The zero-order valence-electron chi connectivity index (χ0n) is 20.5. The van der Waals surface area contributed by atoms with Gasteiger partial charge in [0.1, 0.15) is 5.69 Å². The first-order valence-corrected chi connectivity index (χ1v) is 14.5. The number of benzene rings is 3. The molecule has 4 rings (SSSR count). The number of fused-ring (bicyclic) bond motifs is 1. The van der Waals surface area contributed by atoms with Crippen LogP contribution in [-0.4, -0.2) is 24.7 Å². The highest BCUT2D eigenvalue weighted by molar-refractivity contribution is 9.10. The van der Waals surface area contributed by atoms with Crippen molar-refractivity contribution in [2.24, 2.45) is 5.92 Å². The molecule has 0 N–H and O–H groups in total. The molecule has 0 aliphatic rings. The largest absolute Gasteiger partial charge is 0.407 e. The van der Waals surface area contributed by atoms with Gasteiger partial charge in [0.2, 0.25) is 0 Å². The lowest BCUT2D eigenvalue weighted by Crippen LogP contribution is -2.66. The Kier molecular flexibility index (Phi) is 7.59. The summed E-state index contributed by atoms with van der Waals surface area (Å²) in [5, 5.41) is 7.09. The normalized spacial score (nSPS) is 13.5. The molecule has 1 atom stereocenters. The van der Waals surface area contributed by atoms with Gasteiger partial charge in [-0.25, -0.2) is 8.78 Å². The maximum absolute atomic E-state index is 13.7. The molecule has 0 fully saturated rings. The Bertz CT molecular complexity index is 1230. The minimum absolute atomic E-state index is 0.0595. The maximum atomic E-state index is 13.7. The van der Waals surface area contributed by atoms with E-state index in [1.54, 1.807) is 16.8 Å². The highest BCUT2D eigenvalue weighted by Crippen LogP contribution is 2.37. The van der Waals surface area contributed by atoms with Gasteiger partial charge in [-0.1, -0.05) is 104 Å². The number of rotatable bonds is 8. The minimum Gasteiger partial charge on any atom is -0.407 e. The zero-order valence-corrected chi connectivity index (χ0v) is 23.1. The number of alkyl halides is 2. The first-order valence-electron chi connectivity index (χ1n) is 11.8. The number of aromatic nitrogens is 2. The Hall–Kier alpha value is -2.35. The molecule has 0 aliphatic carbocycles. The van der Waals surface area contributed by atoms with E-state index in [1.165, 1.54) is 10.4 Å². The van der Waals surface area contributed by atoms with Crippen molar-refractivity contribution in [1.82, 2.24) is 9.78 Å². The fraction of sp³-hybridized carbons (Fsp3) is 0.321. The summed E-state index contributed by atoms with van der Waals surface area (Å²) >= 11 is 3.46. The Morgan fingerprint density at radius 3 is 2.03 bits per heavy atom. The lowest BCUT2D eigenvalue weighted by molar-refractivity contribution is 0.146. The molecule has 3 aromatic carbocycles. The van der Waals surface area contributed by atoms with Crippen LogP contribution in [0.25, 0.3) is 10.9 Å². The predicted molar refractivity (Wildman–Crippen MR) is 145 cm³/mol. The van der Waals surface area contributed by atoms with E-state index in [1.807, 2.05) is 18.2 Å². The van der Waals surface area contributed by atoms with Crippen LogP contribution < -0.4 is 10.4 Å². The smallest absolute Gasteiger partial charge is 0.282 e. The second-order valence-electron chi connectivity index (χ2n) is 10.1. The van der Waals surface area contributed by atoms with Gasteiger partial charge in [0.15, 0.2) is 0 Å². The van der Waals surface area contributed by atoms with Crippen molar-refractivity contribution in [2.45, 2.75) is 45.7 Å². The van der Waals surface area contributed by atoms with Crippen molar-refractivity contribution in [3.63, 3.8) is 0 Å². The number of halogens is 3. The second kappa shape index (κ2) is 10.3. The summed E-state index contributed by atoms with van der Waals surface area (Å²) in [6.07, 6.45) is -2.62. The summed E-state index contributed by atoms with van der Waals surface area (Å²) in [6.45, 7) is 9.81. The highest BCUT2D eigenvalue weighted by atomic mass is 79.9. The number of hydrogen-bond donors (Lipinski definition) is 0. The quantitative estimate of drug-likeness (QED) is 0.219. The summed E-state index contributed by atoms with van der Waals surface area (Å²) in [4.78, 5) is 0. The van der Waals surface area contributed by atoms with Crippen LogP contribution in [0.1, 0.15) is 39.8 Å². The SMILES string of the molecule is C[C@H](CO[Si](c1ccccc1)(c1ccccc1)C(C)(C)C)Cn1nc(C(F)F)c2ccc(Br)cc21. The molecule has 4 aromatic rings. The fourth-order valence-electron chi connectivity index (χ4n) is 4.85. The standard InChI is InChI=1S/C28H31BrF2N2OSi/c1-20(18-33-25-17-21(29)15-16-24(25)26(32-33)27(30)31)19-34-35(28(2,3)4,22-11-7-5-8-12-22)23-13-9-6-10-14-23/h5-17,20,27H,18-19H2,1-4H3/t20-/m0/s1. The molecule has 1 heterocycles. The number of hydrogen-bond acceptors (Lipinski definition) is 2. The van der Waals surface area contributed by atoms with E-state index in [0.29, 0.717) is 24.1 Å². The van der Waals surface area contributed by atoms with E-state index < -0.39 is 14.7 Å². The summed E-state index contributed by atoms with van der Waals surface area (Å²) in [5.41, 5.74) is 0.527. The van der Waals surface area contributed by atoms with Crippen LogP contribution in [0.5, 0.6) is 0 Å². The van der Waals surface area contributed by atoms with Crippen LogP contribution in [0.15, 0.2) is 83.3 Å². The van der Waals surface area contributed by atoms with E-state index >= 15 is 0 Å². The van der Waals surface area contributed by atoms with Crippen LogP contribution in [-0.2, 0) is 11.0 Å². The zero-order chi connectivity index (χ0) is 25.2. The Balaban J connectivity index is 1.67. The van der Waals surface area contributed by atoms with Crippen LogP contribution >= 0.6 is 15.9 Å². The molecular weight excluding hydrogens is 526 g/mol.